The van der Waals surface area contributed by atoms with E-state index in [1.54, 1.807) is 12.3 Å². The molecule has 1 atom stereocenters. The van der Waals surface area contributed by atoms with Gasteiger partial charge in [-0.3, -0.25) is 9.69 Å². The van der Waals surface area contributed by atoms with Gasteiger partial charge in [-0.2, -0.15) is 0 Å². The maximum Gasteiger partial charge on any atom is 0.231 e. The molecule has 1 fully saturated rings. The number of nitrogens with zero attached hydrogens (tertiary/aromatic N) is 4. The summed E-state index contributed by atoms with van der Waals surface area (Å²) in [6, 6.07) is 3.34. The third kappa shape index (κ3) is 4.39. The first-order valence-electron chi connectivity index (χ1n) is 8.39. The van der Waals surface area contributed by atoms with Crippen LogP contribution in [0.15, 0.2) is 18.3 Å². The second-order valence-electron chi connectivity index (χ2n) is 6.47. The number of benzene rings is 1. The van der Waals surface area contributed by atoms with Gasteiger partial charge >= 0.3 is 0 Å². The number of piperidine rings is 1. The Morgan fingerprint density at radius 3 is 2.92 bits per heavy atom. The minimum atomic E-state index is -0.324. The lowest BCUT2D eigenvalue weighted by Crippen LogP contribution is -2.45. The highest BCUT2D eigenvalue weighted by atomic mass is 35.5. The lowest BCUT2D eigenvalue weighted by molar-refractivity contribution is -0.119. The molecule has 0 spiro atoms. The van der Waals surface area contributed by atoms with E-state index < -0.39 is 0 Å². The van der Waals surface area contributed by atoms with E-state index in [9.17, 15) is 9.90 Å². The van der Waals surface area contributed by atoms with Crippen molar-refractivity contribution in [2.24, 2.45) is 5.73 Å². The number of carbonyl (C=O) groups is 1. The van der Waals surface area contributed by atoms with Crippen LogP contribution in [0.2, 0.25) is 5.02 Å². The zero-order valence-corrected chi connectivity index (χ0v) is 15.2. The molecule has 4 N–H and O–H groups in total. The first-order valence-corrected chi connectivity index (χ1v) is 8.76. The molecule has 1 aliphatic heterocycles. The molecule has 2 heterocycles. The molecule has 0 aliphatic carbocycles. The summed E-state index contributed by atoms with van der Waals surface area (Å²) in [6.45, 7) is 3.66. The van der Waals surface area contributed by atoms with Crippen LogP contribution in [0.5, 0.6) is 5.75 Å². The van der Waals surface area contributed by atoms with E-state index in [4.69, 9.17) is 17.3 Å². The number of nitrogens with two attached hydrogens (primary N) is 1. The molecule has 1 amide bonds. The van der Waals surface area contributed by atoms with Gasteiger partial charge in [0.15, 0.2) is 11.6 Å². The van der Waals surface area contributed by atoms with Crippen molar-refractivity contribution in [2.45, 2.75) is 25.8 Å². The number of aromatic nitrogens is 3. The van der Waals surface area contributed by atoms with Gasteiger partial charge in [-0.15, -0.1) is 10.2 Å². The molecule has 1 saturated heterocycles. The predicted octanol–water partition coefficient (Wildman–Crippen LogP) is 1.57. The number of nitrogens with one attached hydrogen (secondary N) is 1. The first-order chi connectivity index (χ1) is 12.4. The Morgan fingerprint density at radius 1 is 1.46 bits per heavy atom. The standard InChI is InChI=1S/C17H21ClN6O2/c1-10-5-11(18)6-13(25)16(10)17-20-7-15(22-23-17)21-12-3-2-4-24(8-12)9-14(19)26/h5-7,12,25H,2-4,8-9H2,1H3,(H2,19,26)(H,21,22). The van der Waals surface area contributed by atoms with E-state index in [1.807, 2.05) is 11.8 Å². The van der Waals surface area contributed by atoms with Crippen LogP contribution in [0, 0.1) is 6.92 Å². The van der Waals surface area contributed by atoms with E-state index in [0.717, 1.165) is 24.9 Å². The summed E-state index contributed by atoms with van der Waals surface area (Å²) in [5.74, 6) is 0.577. The zero-order chi connectivity index (χ0) is 18.7. The van der Waals surface area contributed by atoms with Crippen molar-refractivity contribution in [1.29, 1.82) is 0 Å². The Bertz CT molecular complexity index is 775. The number of amides is 1. The average molecular weight is 377 g/mol. The first kappa shape index (κ1) is 18.3. The van der Waals surface area contributed by atoms with Crippen LogP contribution in [0.4, 0.5) is 5.82 Å². The molecule has 1 aromatic heterocycles. The highest BCUT2D eigenvalue weighted by Gasteiger charge is 2.21. The normalized spacial score (nSPS) is 17.8. The highest BCUT2D eigenvalue weighted by molar-refractivity contribution is 6.30. The molecule has 0 saturated carbocycles. The molecule has 0 radical (unpaired) electrons. The molecule has 1 unspecified atom stereocenters. The number of likely N-dealkylation sites (tertiary alicyclic amines) is 1. The molecule has 0 bridgehead atoms. The van der Waals surface area contributed by atoms with Crippen molar-refractivity contribution in [2.75, 3.05) is 25.0 Å². The van der Waals surface area contributed by atoms with Crippen LogP contribution in [0.1, 0.15) is 18.4 Å². The lowest BCUT2D eigenvalue weighted by Gasteiger charge is -2.32. The summed E-state index contributed by atoms with van der Waals surface area (Å²) >= 11 is 5.93. The maximum absolute atomic E-state index is 11.1. The quantitative estimate of drug-likeness (QED) is 0.724. The number of phenolic OH excluding ortho intramolecular Hbond substituents is 1. The topological polar surface area (TPSA) is 117 Å². The minimum absolute atomic E-state index is 0.0203. The summed E-state index contributed by atoms with van der Waals surface area (Å²) in [5.41, 5.74) is 6.55. The number of aryl methyl sites for hydroxylation is 1. The number of phenols is 1. The number of rotatable bonds is 5. The van der Waals surface area contributed by atoms with Crippen molar-refractivity contribution in [3.8, 4) is 17.1 Å². The molecular weight excluding hydrogens is 356 g/mol. The molecule has 138 valence electrons. The maximum atomic E-state index is 11.1. The van der Waals surface area contributed by atoms with Crippen molar-refractivity contribution < 1.29 is 9.90 Å². The van der Waals surface area contributed by atoms with Crippen molar-refractivity contribution >= 4 is 23.3 Å². The molecule has 9 heteroatoms. The van der Waals surface area contributed by atoms with Gasteiger partial charge < -0.3 is 16.2 Å². The van der Waals surface area contributed by atoms with Crippen LogP contribution in [-0.4, -0.2) is 56.8 Å². The molecule has 8 nitrogen and oxygen atoms in total. The van der Waals surface area contributed by atoms with Gasteiger partial charge in [0.25, 0.3) is 0 Å². The van der Waals surface area contributed by atoms with Crippen molar-refractivity contribution in [3.63, 3.8) is 0 Å². The summed E-state index contributed by atoms with van der Waals surface area (Å²) in [4.78, 5) is 17.4. The molecular formula is C17H21ClN6O2. The third-order valence-electron chi connectivity index (χ3n) is 4.30. The molecule has 3 rings (SSSR count). The van der Waals surface area contributed by atoms with Gasteiger partial charge in [0.2, 0.25) is 5.91 Å². The number of primary amides is 1. The smallest absolute Gasteiger partial charge is 0.231 e. The fourth-order valence-electron chi connectivity index (χ4n) is 3.22. The summed E-state index contributed by atoms with van der Waals surface area (Å²) in [6.07, 6.45) is 3.53. The Kier molecular flexibility index (Phi) is 5.53. The fraction of sp³-hybridized carbons (Fsp3) is 0.412. The molecule has 2 aromatic rings. The number of carbonyl (C=O) groups excluding carboxylic acids is 1. The van der Waals surface area contributed by atoms with Crippen LogP contribution in [0.25, 0.3) is 11.4 Å². The monoisotopic (exact) mass is 376 g/mol. The third-order valence-corrected chi connectivity index (χ3v) is 4.52. The minimum Gasteiger partial charge on any atom is -0.507 e. The Balaban J connectivity index is 1.69. The zero-order valence-electron chi connectivity index (χ0n) is 14.4. The largest absolute Gasteiger partial charge is 0.507 e. The SMILES string of the molecule is Cc1cc(Cl)cc(O)c1-c1ncc(NC2CCCN(CC(N)=O)C2)nn1. The molecule has 1 aromatic carbocycles. The molecule has 26 heavy (non-hydrogen) atoms. The summed E-state index contributed by atoms with van der Waals surface area (Å²) < 4.78 is 0. The highest BCUT2D eigenvalue weighted by Crippen LogP contribution is 2.32. The van der Waals surface area contributed by atoms with E-state index >= 15 is 0 Å². The van der Waals surface area contributed by atoms with E-state index in [0.29, 0.717) is 28.8 Å². The predicted molar refractivity (Wildman–Crippen MR) is 99.0 cm³/mol. The Morgan fingerprint density at radius 2 is 2.27 bits per heavy atom. The van der Waals surface area contributed by atoms with Crippen LogP contribution in [0.3, 0.4) is 0 Å². The fourth-order valence-corrected chi connectivity index (χ4v) is 3.49. The second kappa shape index (κ2) is 7.84. The van der Waals surface area contributed by atoms with Crippen molar-refractivity contribution in [3.05, 3.63) is 28.9 Å². The van der Waals surface area contributed by atoms with Crippen LogP contribution >= 0.6 is 11.6 Å². The van der Waals surface area contributed by atoms with Gasteiger partial charge in [-0.25, -0.2) is 4.98 Å². The van der Waals surface area contributed by atoms with Crippen LogP contribution < -0.4 is 11.1 Å². The summed E-state index contributed by atoms with van der Waals surface area (Å²) in [7, 11) is 0. The summed E-state index contributed by atoms with van der Waals surface area (Å²) in [5, 5.41) is 22.1. The van der Waals surface area contributed by atoms with Gasteiger partial charge in [-0.1, -0.05) is 11.6 Å². The van der Waals surface area contributed by atoms with Crippen LogP contribution in [-0.2, 0) is 4.79 Å². The Hall–Kier alpha value is -2.45. The van der Waals surface area contributed by atoms with Gasteiger partial charge in [0.05, 0.1) is 18.3 Å². The number of hydrogen-bond acceptors (Lipinski definition) is 7. The van der Waals surface area contributed by atoms with E-state index in [-0.39, 0.29) is 24.2 Å². The van der Waals surface area contributed by atoms with E-state index in [2.05, 4.69) is 20.5 Å². The number of anilines is 1. The number of halogens is 1. The Labute approximate surface area is 156 Å². The lowest BCUT2D eigenvalue weighted by atomic mass is 10.1. The van der Waals surface area contributed by atoms with Gasteiger partial charge in [-0.05, 0) is 44.0 Å². The van der Waals surface area contributed by atoms with Gasteiger partial charge in [0, 0.05) is 17.6 Å². The molecule has 1 aliphatic rings. The van der Waals surface area contributed by atoms with E-state index in [1.165, 1.54) is 6.07 Å². The van der Waals surface area contributed by atoms with Gasteiger partial charge in [0.1, 0.15) is 5.75 Å². The number of aromatic hydroxyl groups is 1. The average Bonchev–Trinajstić information content (AvgIpc) is 2.55. The number of hydrogen-bond donors (Lipinski definition) is 3. The van der Waals surface area contributed by atoms with Crippen molar-refractivity contribution in [1.82, 2.24) is 20.1 Å². The second-order valence-corrected chi connectivity index (χ2v) is 6.91.